The summed E-state index contributed by atoms with van der Waals surface area (Å²) in [6.45, 7) is 8.67. The number of nitrogens with zero attached hydrogens (tertiary/aromatic N) is 2. The second-order valence-electron chi connectivity index (χ2n) is 9.75. The van der Waals surface area contributed by atoms with Crippen molar-refractivity contribution < 1.29 is 9.59 Å². The van der Waals surface area contributed by atoms with Gasteiger partial charge in [-0.2, -0.15) is 0 Å². The van der Waals surface area contributed by atoms with E-state index < -0.39 is 0 Å². The second-order valence-corrected chi connectivity index (χ2v) is 9.75. The monoisotopic (exact) mass is 456 g/mol. The van der Waals surface area contributed by atoms with Crippen molar-refractivity contribution in [1.82, 2.24) is 10.3 Å². The van der Waals surface area contributed by atoms with Crippen LogP contribution < -0.4 is 15.5 Å². The van der Waals surface area contributed by atoms with Gasteiger partial charge in [-0.05, 0) is 65.8 Å². The Morgan fingerprint density at radius 1 is 0.971 bits per heavy atom. The number of carbonyl (C=O) groups is 2. The van der Waals surface area contributed by atoms with E-state index in [0.29, 0.717) is 23.4 Å². The average Bonchev–Trinajstić information content (AvgIpc) is 3.37. The highest BCUT2D eigenvalue weighted by atomic mass is 16.2. The molecular formula is C28H32N4O2. The van der Waals surface area contributed by atoms with Crippen molar-refractivity contribution in [3.05, 3.63) is 89.2 Å². The molecule has 0 saturated carbocycles. The van der Waals surface area contributed by atoms with Gasteiger partial charge < -0.3 is 15.5 Å². The molecule has 4 rings (SSSR count). The number of aromatic nitrogens is 1. The molecule has 0 bridgehead atoms. The first-order valence-electron chi connectivity index (χ1n) is 11.8. The lowest BCUT2D eigenvalue weighted by atomic mass is 9.87. The van der Waals surface area contributed by atoms with Crippen LogP contribution in [0.15, 0.2) is 67.0 Å². The molecule has 1 saturated heterocycles. The zero-order valence-electron chi connectivity index (χ0n) is 20.1. The van der Waals surface area contributed by atoms with Crippen LogP contribution in [0, 0.1) is 0 Å². The largest absolute Gasteiger partial charge is 0.371 e. The van der Waals surface area contributed by atoms with Crippen molar-refractivity contribution >= 4 is 23.2 Å². The number of rotatable bonds is 6. The van der Waals surface area contributed by atoms with E-state index in [1.165, 1.54) is 5.56 Å². The lowest BCUT2D eigenvalue weighted by Gasteiger charge is -2.22. The van der Waals surface area contributed by atoms with Gasteiger partial charge in [0.05, 0.1) is 5.56 Å². The standard InChI is InChI=1S/C28H32N4O2/c1-28(2,3)22-10-8-21(9-11-22)26(33)31-23-12-13-25(32-15-4-5-16-32)24(17-23)27(34)30-19-20-7-6-14-29-18-20/h6-14,17-18H,4-5,15-16,19H2,1-3H3,(H,30,34)(H,31,33). The number of benzene rings is 2. The van der Waals surface area contributed by atoms with Crippen LogP contribution in [0.1, 0.15) is 65.5 Å². The highest BCUT2D eigenvalue weighted by Crippen LogP contribution is 2.28. The van der Waals surface area contributed by atoms with Crippen molar-refractivity contribution in [2.75, 3.05) is 23.3 Å². The molecule has 34 heavy (non-hydrogen) atoms. The van der Waals surface area contributed by atoms with Gasteiger partial charge in [-0.15, -0.1) is 0 Å². The summed E-state index contributed by atoms with van der Waals surface area (Å²) in [5, 5.41) is 5.95. The minimum atomic E-state index is -0.198. The molecule has 3 aromatic rings. The second kappa shape index (κ2) is 10.1. The number of amides is 2. The molecule has 0 unspecified atom stereocenters. The molecular weight excluding hydrogens is 424 g/mol. The molecule has 0 radical (unpaired) electrons. The minimum Gasteiger partial charge on any atom is -0.371 e. The van der Waals surface area contributed by atoms with Crippen LogP contribution in [0.4, 0.5) is 11.4 Å². The molecule has 0 spiro atoms. The first kappa shape index (κ1) is 23.5. The summed E-state index contributed by atoms with van der Waals surface area (Å²) in [4.78, 5) is 32.4. The summed E-state index contributed by atoms with van der Waals surface area (Å²) < 4.78 is 0. The van der Waals surface area contributed by atoms with E-state index in [0.717, 1.165) is 37.2 Å². The third-order valence-electron chi connectivity index (χ3n) is 6.13. The zero-order chi connectivity index (χ0) is 24.1. The van der Waals surface area contributed by atoms with E-state index in [1.807, 2.05) is 48.5 Å². The van der Waals surface area contributed by atoms with Gasteiger partial charge in [0.2, 0.25) is 0 Å². The lowest BCUT2D eigenvalue weighted by molar-refractivity contribution is 0.0950. The molecule has 2 amide bonds. The number of hydrogen-bond donors (Lipinski definition) is 2. The Hall–Kier alpha value is -3.67. The van der Waals surface area contributed by atoms with Crippen LogP contribution in [0.2, 0.25) is 0 Å². The van der Waals surface area contributed by atoms with Crippen LogP contribution in [0.25, 0.3) is 0 Å². The summed E-state index contributed by atoms with van der Waals surface area (Å²) in [6.07, 6.45) is 5.67. The van der Waals surface area contributed by atoms with Crippen molar-refractivity contribution in [3.8, 4) is 0 Å². The first-order valence-corrected chi connectivity index (χ1v) is 11.8. The third-order valence-corrected chi connectivity index (χ3v) is 6.13. The quantitative estimate of drug-likeness (QED) is 0.537. The Morgan fingerprint density at radius 3 is 2.35 bits per heavy atom. The van der Waals surface area contributed by atoms with Crippen molar-refractivity contribution in [3.63, 3.8) is 0 Å². The minimum absolute atomic E-state index is 0.0263. The fraction of sp³-hybridized carbons (Fsp3) is 0.321. The summed E-state index contributed by atoms with van der Waals surface area (Å²) in [7, 11) is 0. The topological polar surface area (TPSA) is 74.3 Å². The van der Waals surface area contributed by atoms with Crippen LogP contribution in [-0.4, -0.2) is 29.9 Å². The fourth-order valence-electron chi connectivity index (χ4n) is 4.13. The Bertz CT molecular complexity index is 1150. The maximum Gasteiger partial charge on any atom is 0.255 e. The molecule has 6 nitrogen and oxygen atoms in total. The van der Waals surface area contributed by atoms with Gasteiger partial charge in [0.1, 0.15) is 0 Å². The molecule has 0 aliphatic carbocycles. The Morgan fingerprint density at radius 2 is 1.71 bits per heavy atom. The molecule has 176 valence electrons. The number of hydrogen-bond acceptors (Lipinski definition) is 4. The van der Waals surface area contributed by atoms with Crippen molar-refractivity contribution in [2.24, 2.45) is 0 Å². The number of anilines is 2. The molecule has 1 fully saturated rings. The Balaban J connectivity index is 1.53. The van der Waals surface area contributed by atoms with Crippen LogP contribution in [0.3, 0.4) is 0 Å². The normalized spacial score (nSPS) is 13.6. The van der Waals surface area contributed by atoms with Gasteiger partial charge in [0.25, 0.3) is 11.8 Å². The molecule has 1 aliphatic rings. The average molecular weight is 457 g/mol. The van der Waals surface area contributed by atoms with Gasteiger partial charge in [-0.3, -0.25) is 14.6 Å². The van der Waals surface area contributed by atoms with Crippen molar-refractivity contribution in [1.29, 1.82) is 0 Å². The Labute approximate surface area is 201 Å². The molecule has 1 aromatic heterocycles. The van der Waals surface area contributed by atoms with E-state index >= 15 is 0 Å². The van der Waals surface area contributed by atoms with Gasteiger partial charge in [0.15, 0.2) is 0 Å². The van der Waals surface area contributed by atoms with Gasteiger partial charge in [-0.25, -0.2) is 0 Å². The molecule has 1 aliphatic heterocycles. The van der Waals surface area contributed by atoms with Crippen LogP contribution >= 0.6 is 0 Å². The van der Waals surface area contributed by atoms with E-state index in [4.69, 9.17) is 0 Å². The van der Waals surface area contributed by atoms with E-state index in [2.05, 4.69) is 41.3 Å². The van der Waals surface area contributed by atoms with E-state index in [-0.39, 0.29) is 17.2 Å². The van der Waals surface area contributed by atoms with Gasteiger partial charge in [-0.1, -0.05) is 39.0 Å². The van der Waals surface area contributed by atoms with Crippen molar-refractivity contribution in [2.45, 2.75) is 45.6 Å². The zero-order valence-corrected chi connectivity index (χ0v) is 20.1. The van der Waals surface area contributed by atoms with Crippen LogP contribution in [-0.2, 0) is 12.0 Å². The summed E-state index contributed by atoms with van der Waals surface area (Å²) >= 11 is 0. The molecule has 2 aromatic carbocycles. The smallest absolute Gasteiger partial charge is 0.255 e. The summed E-state index contributed by atoms with van der Waals surface area (Å²) in [6, 6.07) is 17.0. The number of nitrogens with one attached hydrogen (secondary N) is 2. The molecule has 2 N–H and O–H groups in total. The Kier molecular flexibility index (Phi) is 6.96. The SMILES string of the molecule is CC(C)(C)c1ccc(C(=O)Nc2ccc(N3CCCC3)c(C(=O)NCc3cccnc3)c2)cc1. The third kappa shape index (κ3) is 5.63. The highest BCUT2D eigenvalue weighted by Gasteiger charge is 2.21. The van der Waals surface area contributed by atoms with E-state index in [9.17, 15) is 9.59 Å². The molecule has 6 heteroatoms. The maximum absolute atomic E-state index is 13.2. The predicted molar refractivity (Wildman–Crippen MR) is 136 cm³/mol. The number of pyridine rings is 1. The first-order chi connectivity index (χ1) is 16.3. The van der Waals surface area contributed by atoms with Gasteiger partial charge >= 0.3 is 0 Å². The van der Waals surface area contributed by atoms with Crippen LogP contribution in [0.5, 0.6) is 0 Å². The highest BCUT2D eigenvalue weighted by molar-refractivity contribution is 6.06. The molecule has 0 atom stereocenters. The lowest BCUT2D eigenvalue weighted by Crippen LogP contribution is -2.27. The summed E-state index contributed by atoms with van der Waals surface area (Å²) in [5.41, 5.74) is 4.77. The maximum atomic E-state index is 13.2. The predicted octanol–water partition coefficient (Wildman–Crippen LogP) is 5.16. The van der Waals surface area contributed by atoms with E-state index in [1.54, 1.807) is 18.5 Å². The number of carbonyl (C=O) groups excluding carboxylic acids is 2. The fourth-order valence-corrected chi connectivity index (χ4v) is 4.13. The van der Waals surface area contributed by atoms with Gasteiger partial charge in [0, 0.05) is 49.0 Å². The summed E-state index contributed by atoms with van der Waals surface area (Å²) in [5.74, 6) is -0.368. The molecule has 2 heterocycles.